The minimum atomic E-state index is -0.932. The van der Waals surface area contributed by atoms with E-state index in [9.17, 15) is 9.90 Å². The van der Waals surface area contributed by atoms with Crippen LogP contribution < -0.4 is 4.74 Å². The van der Waals surface area contributed by atoms with Gasteiger partial charge in [0.25, 0.3) is 0 Å². The molecule has 1 fully saturated rings. The average molecular weight is 483 g/mol. The lowest BCUT2D eigenvalue weighted by Gasteiger charge is -2.38. The van der Waals surface area contributed by atoms with E-state index in [4.69, 9.17) is 9.72 Å². The van der Waals surface area contributed by atoms with Crippen molar-refractivity contribution in [3.63, 3.8) is 0 Å². The van der Waals surface area contributed by atoms with Crippen molar-refractivity contribution in [2.75, 3.05) is 0 Å². The van der Waals surface area contributed by atoms with E-state index in [0.717, 1.165) is 46.6 Å². The monoisotopic (exact) mass is 482 g/mol. The number of hydrogen-bond acceptors (Lipinski definition) is 3. The van der Waals surface area contributed by atoms with Gasteiger partial charge in [0.1, 0.15) is 18.2 Å². The van der Waals surface area contributed by atoms with E-state index in [1.54, 1.807) is 12.1 Å². The number of ether oxygens (including phenoxy) is 1. The van der Waals surface area contributed by atoms with E-state index < -0.39 is 5.97 Å². The van der Waals surface area contributed by atoms with Crippen molar-refractivity contribution in [1.29, 1.82) is 0 Å². The molecule has 0 radical (unpaired) electrons. The first-order chi connectivity index (χ1) is 17.3. The third-order valence-corrected chi connectivity index (χ3v) is 7.58. The van der Waals surface area contributed by atoms with Crippen LogP contribution in [0.25, 0.3) is 22.4 Å². The standard InChI is InChI=1S/C31H34N2O3/c1-31(2,3)24-12-14-25(15-13-24)33-28-18-11-23(30(34)35)19-27(28)32-29(33)22-9-16-26(17-10-22)36-20-21-7-5-4-6-8-21/h4-11,16-19,24-25H,12-15,20H2,1-3H3,(H,34,35). The number of aromatic nitrogens is 2. The van der Waals surface area contributed by atoms with Gasteiger partial charge in [-0.3, -0.25) is 0 Å². The fourth-order valence-corrected chi connectivity index (χ4v) is 5.45. The topological polar surface area (TPSA) is 64.4 Å². The molecule has 4 aromatic rings. The van der Waals surface area contributed by atoms with Crippen molar-refractivity contribution >= 4 is 17.0 Å². The molecule has 3 aromatic carbocycles. The number of rotatable bonds is 6. The van der Waals surface area contributed by atoms with Crippen LogP contribution in [0, 0.1) is 11.3 Å². The van der Waals surface area contributed by atoms with Crippen molar-refractivity contribution < 1.29 is 14.6 Å². The number of carboxylic acid groups (broad SMARTS) is 1. The number of carbonyl (C=O) groups is 1. The third kappa shape index (κ3) is 5.01. The highest BCUT2D eigenvalue weighted by Gasteiger charge is 2.32. The first kappa shape index (κ1) is 24.1. The maximum atomic E-state index is 11.6. The Labute approximate surface area is 212 Å². The van der Waals surface area contributed by atoms with Gasteiger partial charge in [-0.25, -0.2) is 9.78 Å². The summed E-state index contributed by atoms with van der Waals surface area (Å²) in [6.45, 7) is 7.54. The van der Waals surface area contributed by atoms with Gasteiger partial charge in [0, 0.05) is 11.6 Å². The maximum Gasteiger partial charge on any atom is 0.335 e. The number of benzene rings is 3. The Bertz CT molecular complexity index is 1340. The number of nitrogens with zero attached hydrogens (tertiary/aromatic N) is 2. The molecule has 0 unspecified atom stereocenters. The molecule has 5 heteroatoms. The van der Waals surface area contributed by atoms with E-state index >= 15 is 0 Å². The van der Waals surface area contributed by atoms with Crippen molar-refractivity contribution in [2.45, 2.75) is 59.1 Å². The number of carboxylic acids is 1. The molecule has 0 spiro atoms. The second kappa shape index (κ2) is 9.81. The van der Waals surface area contributed by atoms with Gasteiger partial charge < -0.3 is 14.4 Å². The fraction of sp³-hybridized carbons (Fsp3) is 0.355. The summed E-state index contributed by atoms with van der Waals surface area (Å²) < 4.78 is 8.33. The van der Waals surface area contributed by atoms with Gasteiger partial charge in [-0.15, -0.1) is 0 Å². The molecule has 36 heavy (non-hydrogen) atoms. The number of fused-ring (bicyclic) bond motifs is 1. The van der Waals surface area contributed by atoms with Crippen LogP contribution in [0.2, 0.25) is 0 Å². The molecule has 5 rings (SSSR count). The molecule has 1 heterocycles. The highest BCUT2D eigenvalue weighted by molar-refractivity contribution is 5.93. The third-order valence-electron chi connectivity index (χ3n) is 7.58. The second-order valence-corrected chi connectivity index (χ2v) is 11.0. The molecule has 1 aromatic heterocycles. The summed E-state index contributed by atoms with van der Waals surface area (Å²) in [6, 6.07) is 23.8. The van der Waals surface area contributed by atoms with Crippen molar-refractivity contribution in [3.05, 3.63) is 83.9 Å². The smallest absolute Gasteiger partial charge is 0.335 e. The zero-order valence-electron chi connectivity index (χ0n) is 21.3. The van der Waals surface area contributed by atoms with Gasteiger partial charge in [0.15, 0.2) is 0 Å². The summed E-state index contributed by atoms with van der Waals surface area (Å²) >= 11 is 0. The van der Waals surface area contributed by atoms with Crippen LogP contribution in [0.1, 0.15) is 68.4 Å². The zero-order chi connectivity index (χ0) is 25.3. The van der Waals surface area contributed by atoms with Crippen LogP contribution in [-0.4, -0.2) is 20.6 Å². The first-order valence-corrected chi connectivity index (χ1v) is 12.8. The normalized spacial score (nSPS) is 18.3. The molecule has 1 N–H and O–H groups in total. The van der Waals surface area contributed by atoms with E-state index in [2.05, 4.69) is 49.6 Å². The van der Waals surface area contributed by atoms with Crippen molar-refractivity contribution in [2.24, 2.45) is 11.3 Å². The van der Waals surface area contributed by atoms with Crippen LogP contribution in [0.15, 0.2) is 72.8 Å². The SMILES string of the molecule is CC(C)(C)C1CCC(n2c(-c3ccc(OCc4ccccc4)cc3)nc3cc(C(=O)O)ccc32)CC1. The quantitative estimate of drug-likeness (QED) is 0.305. The molecule has 1 saturated carbocycles. The fourth-order valence-electron chi connectivity index (χ4n) is 5.45. The Morgan fingerprint density at radius 1 is 0.972 bits per heavy atom. The van der Waals surface area contributed by atoms with E-state index in [-0.39, 0.29) is 5.56 Å². The molecule has 0 saturated heterocycles. The lowest BCUT2D eigenvalue weighted by atomic mass is 9.71. The summed E-state index contributed by atoms with van der Waals surface area (Å²) in [7, 11) is 0. The molecule has 186 valence electrons. The van der Waals surface area contributed by atoms with Gasteiger partial charge in [-0.2, -0.15) is 0 Å². The van der Waals surface area contributed by atoms with Gasteiger partial charge in [-0.1, -0.05) is 51.1 Å². The Morgan fingerprint density at radius 2 is 1.67 bits per heavy atom. The molecule has 1 aliphatic rings. The van der Waals surface area contributed by atoms with E-state index in [0.29, 0.717) is 24.0 Å². The molecular formula is C31H34N2O3. The minimum Gasteiger partial charge on any atom is -0.489 e. The summed E-state index contributed by atoms with van der Waals surface area (Å²) in [6.07, 6.45) is 4.57. The van der Waals surface area contributed by atoms with E-state index in [1.165, 1.54) is 12.8 Å². The molecule has 0 atom stereocenters. The highest BCUT2D eigenvalue weighted by atomic mass is 16.5. The van der Waals surface area contributed by atoms with Crippen molar-refractivity contribution in [1.82, 2.24) is 9.55 Å². The summed E-state index contributed by atoms with van der Waals surface area (Å²) in [4.78, 5) is 16.5. The van der Waals surface area contributed by atoms with Crippen LogP contribution in [-0.2, 0) is 6.61 Å². The number of aromatic carboxylic acids is 1. The summed E-state index contributed by atoms with van der Waals surface area (Å²) in [5.41, 5.74) is 4.44. The Morgan fingerprint density at radius 3 is 2.31 bits per heavy atom. The van der Waals surface area contributed by atoms with Crippen LogP contribution in [0.3, 0.4) is 0 Å². The molecule has 0 amide bonds. The highest BCUT2D eigenvalue weighted by Crippen LogP contribution is 2.43. The van der Waals surface area contributed by atoms with Gasteiger partial charge in [0.2, 0.25) is 0 Å². The van der Waals surface area contributed by atoms with Gasteiger partial charge in [-0.05, 0) is 85.0 Å². The molecule has 0 aliphatic heterocycles. The lowest BCUT2D eigenvalue weighted by molar-refractivity contribution is 0.0697. The Balaban J connectivity index is 1.46. The average Bonchev–Trinajstić information content (AvgIpc) is 3.27. The minimum absolute atomic E-state index is 0.264. The lowest BCUT2D eigenvalue weighted by Crippen LogP contribution is -2.27. The van der Waals surface area contributed by atoms with E-state index in [1.807, 2.05) is 36.4 Å². The van der Waals surface area contributed by atoms with Crippen LogP contribution in [0.5, 0.6) is 5.75 Å². The summed E-state index contributed by atoms with van der Waals surface area (Å²) in [5, 5.41) is 9.51. The Hall–Kier alpha value is -3.60. The molecule has 5 nitrogen and oxygen atoms in total. The summed E-state index contributed by atoms with van der Waals surface area (Å²) in [5.74, 6) is 1.48. The first-order valence-electron chi connectivity index (χ1n) is 12.8. The maximum absolute atomic E-state index is 11.6. The van der Waals surface area contributed by atoms with Crippen LogP contribution in [0.4, 0.5) is 0 Å². The van der Waals surface area contributed by atoms with Crippen LogP contribution >= 0.6 is 0 Å². The molecule has 0 bridgehead atoms. The largest absolute Gasteiger partial charge is 0.489 e. The van der Waals surface area contributed by atoms with Gasteiger partial charge in [0.05, 0.1) is 16.6 Å². The second-order valence-electron chi connectivity index (χ2n) is 11.0. The zero-order valence-corrected chi connectivity index (χ0v) is 21.3. The van der Waals surface area contributed by atoms with Crippen molar-refractivity contribution in [3.8, 4) is 17.1 Å². The number of imidazole rings is 1. The number of hydrogen-bond donors (Lipinski definition) is 1. The van der Waals surface area contributed by atoms with Gasteiger partial charge >= 0.3 is 5.97 Å². The Kier molecular flexibility index (Phi) is 6.57. The predicted molar refractivity (Wildman–Crippen MR) is 143 cm³/mol. The molecule has 1 aliphatic carbocycles. The molecular weight excluding hydrogens is 448 g/mol. The predicted octanol–water partition coefficient (Wildman–Crippen LogP) is 7.76.